The number of nitriles is 2. The summed E-state index contributed by atoms with van der Waals surface area (Å²) in [5, 5.41) is 17.6. The Balaban J connectivity index is 1.54. The molecule has 2 aromatic rings. The third-order valence-corrected chi connectivity index (χ3v) is 5.41. The van der Waals surface area contributed by atoms with E-state index in [0.29, 0.717) is 12.8 Å². The SMILES string of the molecule is N#Cc1ccc(OCCCCCCCCCCOc2ccc(C#N)c(C(F)(F)F)c2)cc1C(F)(F)F. The van der Waals surface area contributed by atoms with E-state index in [1.807, 2.05) is 0 Å². The summed E-state index contributed by atoms with van der Waals surface area (Å²) in [5.74, 6) is 0.165. The number of ether oxygens (including phenoxy) is 2. The molecule has 0 spiro atoms. The van der Waals surface area contributed by atoms with Crippen LogP contribution in [0.4, 0.5) is 26.3 Å². The van der Waals surface area contributed by atoms with Crippen molar-refractivity contribution in [2.45, 2.75) is 63.7 Å². The number of hydrogen-bond acceptors (Lipinski definition) is 4. The maximum absolute atomic E-state index is 13.0. The minimum atomic E-state index is -4.61. The molecule has 0 aromatic heterocycles. The zero-order valence-electron chi connectivity index (χ0n) is 19.5. The van der Waals surface area contributed by atoms with Crippen LogP contribution in [-0.2, 0) is 12.4 Å². The molecule has 0 saturated carbocycles. The molecule has 0 radical (unpaired) electrons. The Hall–Kier alpha value is -3.40. The first-order valence-electron chi connectivity index (χ1n) is 11.5. The van der Waals surface area contributed by atoms with Gasteiger partial charge in [0.1, 0.15) is 11.5 Å². The molecule has 2 rings (SSSR count). The molecule has 0 aliphatic carbocycles. The van der Waals surface area contributed by atoms with E-state index >= 15 is 0 Å². The van der Waals surface area contributed by atoms with Gasteiger partial charge in [0, 0.05) is 0 Å². The van der Waals surface area contributed by atoms with E-state index in [1.165, 1.54) is 24.3 Å². The smallest absolute Gasteiger partial charge is 0.417 e. The first kappa shape index (κ1) is 28.8. The van der Waals surface area contributed by atoms with Crippen molar-refractivity contribution in [2.75, 3.05) is 13.2 Å². The molecule has 0 amide bonds. The second-order valence-electron chi connectivity index (χ2n) is 8.16. The van der Waals surface area contributed by atoms with Crippen molar-refractivity contribution < 1.29 is 35.8 Å². The summed E-state index contributed by atoms with van der Waals surface area (Å²) in [5.41, 5.74) is -2.88. The third-order valence-electron chi connectivity index (χ3n) is 5.41. The highest BCUT2D eigenvalue weighted by Crippen LogP contribution is 2.35. The fourth-order valence-electron chi connectivity index (χ4n) is 3.54. The van der Waals surface area contributed by atoms with Crippen LogP contribution in [0.25, 0.3) is 0 Å². The largest absolute Gasteiger partial charge is 0.494 e. The predicted molar refractivity (Wildman–Crippen MR) is 120 cm³/mol. The van der Waals surface area contributed by atoms with Crippen LogP contribution in [0.1, 0.15) is 73.6 Å². The van der Waals surface area contributed by atoms with Crippen molar-refractivity contribution >= 4 is 0 Å². The van der Waals surface area contributed by atoms with Gasteiger partial charge in [-0.15, -0.1) is 0 Å². The van der Waals surface area contributed by atoms with Gasteiger partial charge in [-0.05, 0) is 49.2 Å². The number of unbranched alkanes of at least 4 members (excludes halogenated alkanes) is 7. The minimum absolute atomic E-state index is 0.0826. The van der Waals surface area contributed by atoms with Crippen molar-refractivity contribution in [2.24, 2.45) is 0 Å². The summed E-state index contributed by atoms with van der Waals surface area (Å²) < 4.78 is 88.6. The van der Waals surface area contributed by atoms with E-state index in [0.717, 1.165) is 62.8 Å². The number of nitrogens with zero attached hydrogens (tertiary/aromatic N) is 2. The van der Waals surface area contributed by atoms with Gasteiger partial charge in [-0.25, -0.2) is 0 Å². The van der Waals surface area contributed by atoms with Crippen LogP contribution in [0.15, 0.2) is 36.4 Å². The molecule has 10 heteroatoms. The first-order chi connectivity index (χ1) is 17.1. The molecule has 36 heavy (non-hydrogen) atoms. The van der Waals surface area contributed by atoms with Gasteiger partial charge in [0.05, 0.1) is 47.6 Å². The maximum Gasteiger partial charge on any atom is 0.417 e. The Labute approximate surface area is 206 Å². The van der Waals surface area contributed by atoms with E-state index < -0.39 is 34.6 Å². The molecule has 0 bridgehead atoms. The molecule has 0 aliphatic heterocycles. The first-order valence-corrected chi connectivity index (χ1v) is 11.5. The lowest BCUT2D eigenvalue weighted by molar-refractivity contribution is -0.138. The lowest BCUT2D eigenvalue weighted by Gasteiger charge is -2.12. The summed E-state index contributed by atoms with van der Waals surface area (Å²) in [6.07, 6.45) is -2.23. The molecular weight excluding hydrogens is 486 g/mol. The van der Waals surface area contributed by atoms with Crippen LogP contribution in [0, 0.1) is 22.7 Å². The van der Waals surface area contributed by atoms with Gasteiger partial charge in [0.25, 0.3) is 0 Å². The fraction of sp³-hybridized carbons (Fsp3) is 0.462. The Morgan fingerprint density at radius 1 is 0.556 bits per heavy atom. The number of benzene rings is 2. The number of halogens is 6. The van der Waals surface area contributed by atoms with E-state index in [9.17, 15) is 26.3 Å². The number of alkyl halides is 6. The summed E-state index contributed by atoms with van der Waals surface area (Å²) in [6.45, 7) is 0.567. The molecule has 0 aliphatic rings. The molecule has 2 aromatic carbocycles. The molecule has 0 unspecified atom stereocenters. The highest BCUT2D eigenvalue weighted by atomic mass is 19.4. The third kappa shape index (κ3) is 9.33. The molecule has 4 nitrogen and oxygen atoms in total. The summed E-state index contributed by atoms with van der Waals surface area (Å²) >= 11 is 0. The lowest BCUT2D eigenvalue weighted by Crippen LogP contribution is -2.08. The highest BCUT2D eigenvalue weighted by Gasteiger charge is 2.34. The van der Waals surface area contributed by atoms with Crippen molar-refractivity contribution in [3.8, 4) is 23.6 Å². The van der Waals surface area contributed by atoms with Crippen molar-refractivity contribution in [3.05, 3.63) is 58.7 Å². The quantitative estimate of drug-likeness (QED) is 0.201. The average molecular weight is 512 g/mol. The Morgan fingerprint density at radius 3 is 1.19 bits per heavy atom. The van der Waals surface area contributed by atoms with Gasteiger partial charge in [-0.2, -0.15) is 36.9 Å². The summed E-state index contributed by atoms with van der Waals surface area (Å²) in [4.78, 5) is 0. The van der Waals surface area contributed by atoms with Crippen LogP contribution in [0.5, 0.6) is 11.5 Å². The van der Waals surface area contributed by atoms with Crippen molar-refractivity contribution in [1.82, 2.24) is 0 Å². The molecule has 0 saturated heterocycles. The van der Waals surface area contributed by atoms with Gasteiger partial charge in [0.15, 0.2) is 0 Å². The highest BCUT2D eigenvalue weighted by molar-refractivity contribution is 5.45. The van der Waals surface area contributed by atoms with Gasteiger partial charge in [-0.1, -0.05) is 38.5 Å². The van der Waals surface area contributed by atoms with Crippen LogP contribution >= 0.6 is 0 Å². The molecule has 0 heterocycles. The zero-order chi connectivity index (χ0) is 26.6. The Morgan fingerprint density at radius 2 is 0.889 bits per heavy atom. The standard InChI is InChI=1S/C26H26F6N2O2/c27-25(28,29)23-15-21(11-9-19(23)17-33)35-13-7-5-3-1-2-4-6-8-14-36-22-12-10-20(18-34)24(16-22)26(30,31)32/h9-12,15-16H,1-8,13-14H2. The lowest BCUT2D eigenvalue weighted by atomic mass is 10.1. The monoisotopic (exact) mass is 512 g/mol. The van der Waals surface area contributed by atoms with E-state index in [1.54, 1.807) is 0 Å². The van der Waals surface area contributed by atoms with Gasteiger partial charge in [0.2, 0.25) is 0 Å². The van der Waals surface area contributed by atoms with Crippen molar-refractivity contribution in [3.63, 3.8) is 0 Å². The minimum Gasteiger partial charge on any atom is -0.494 e. The van der Waals surface area contributed by atoms with Crippen LogP contribution in [0.3, 0.4) is 0 Å². The zero-order valence-corrected chi connectivity index (χ0v) is 19.5. The topological polar surface area (TPSA) is 66.0 Å². The Kier molecular flexibility index (Phi) is 10.9. The van der Waals surface area contributed by atoms with E-state index in [-0.39, 0.29) is 24.7 Å². The van der Waals surface area contributed by atoms with Gasteiger partial charge < -0.3 is 9.47 Å². The van der Waals surface area contributed by atoms with Gasteiger partial charge in [-0.3, -0.25) is 0 Å². The average Bonchev–Trinajstić information content (AvgIpc) is 2.83. The van der Waals surface area contributed by atoms with E-state index in [2.05, 4.69) is 0 Å². The van der Waals surface area contributed by atoms with Gasteiger partial charge >= 0.3 is 12.4 Å². The second-order valence-corrected chi connectivity index (χ2v) is 8.16. The van der Waals surface area contributed by atoms with Crippen LogP contribution < -0.4 is 9.47 Å². The molecular formula is C26H26F6N2O2. The van der Waals surface area contributed by atoms with Crippen LogP contribution in [-0.4, -0.2) is 13.2 Å². The molecule has 0 fully saturated rings. The molecule has 0 atom stereocenters. The number of hydrogen-bond donors (Lipinski definition) is 0. The van der Waals surface area contributed by atoms with Crippen molar-refractivity contribution in [1.29, 1.82) is 10.5 Å². The molecule has 194 valence electrons. The van der Waals surface area contributed by atoms with Crippen LogP contribution in [0.2, 0.25) is 0 Å². The van der Waals surface area contributed by atoms with E-state index in [4.69, 9.17) is 20.0 Å². The normalized spacial score (nSPS) is 11.6. The maximum atomic E-state index is 13.0. The second kappa shape index (κ2) is 13.6. The molecule has 0 N–H and O–H groups in total. The summed E-state index contributed by atoms with van der Waals surface area (Å²) in [6, 6.07) is 9.67. The number of rotatable bonds is 13. The Bertz CT molecular complexity index is 983. The summed E-state index contributed by atoms with van der Waals surface area (Å²) in [7, 11) is 0. The fourth-order valence-corrected chi connectivity index (χ4v) is 3.54. The predicted octanol–water partition coefficient (Wildman–Crippen LogP) is 8.05.